The first-order chi connectivity index (χ1) is 9.46. The third-order valence-electron chi connectivity index (χ3n) is 3.44. The minimum Gasteiger partial charge on any atom is -0.469 e. The molecule has 0 spiro atoms. The summed E-state index contributed by atoms with van der Waals surface area (Å²) in [7, 11) is 0. The summed E-state index contributed by atoms with van der Waals surface area (Å²) >= 11 is 0. The van der Waals surface area contributed by atoms with E-state index in [0.717, 1.165) is 12.8 Å². The van der Waals surface area contributed by atoms with Crippen molar-refractivity contribution in [2.75, 3.05) is 6.61 Å². The lowest BCUT2D eigenvalue weighted by atomic mass is 9.98. The van der Waals surface area contributed by atoms with Crippen LogP contribution in [0.5, 0.6) is 0 Å². The fraction of sp³-hybridized carbons (Fsp3) is 0.500. The maximum Gasteiger partial charge on any atom is 0.342 e. The van der Waals surface area contributed by atoms with Crippen molar-refractivity contribution < 1.29 is 18.7 Å². The number of rotatable bonds is 5. The van der Waals surface area contributed by atoms with E-state index in [1.54, 1.807) is 13.8 Å². The first-order valence-corrected chi connectivity index (χ1v) is 6.40. The monoisotopic (exact) mass is 276 g/mol. The molecule has 1 aliphatic rings. The van der Waals surface area contributed by atoms with E-state index in [4.69, 9.17) is 14.4 Å². The van der Waals surface area contributed by atoms with Gasteiger partial charge in [0.2, 0.25) is 0 Å². The highest BCUT2D eigenvalue weighted by molar-refractivity contribution is 5.92. The van der Waals surface area contributed by atoms with Crippen LogP contribution in [0, 0.1) is 24.2 Å². The molecule has 106 valence electrons. The lowest BCUT2D eigenvalue weighted by Gasteiger charge is -2.22. The van der Waals surface area contributed by atoms with Crippen LogP contribution in [0.1, 0.15) is 35.9 Å². The average Bonchev–Trinajstić information content (AvgIpc) is 3.19. The van der Waals surface area contributed by atoms with Gasteiger partial charge in [0.05, 0.1) is 12.3 Å². The van der Waals surface area contributed by atoms with Crippen molar-refractivity contribution >= 4 is 11.9 Å². The second-order valence-electron chi connectivity index (χ2n) is 5.10. The van der Waals surface area contributed by atoms with Crippen LogP contribution in [0.3, 0.4) is 0 Å². The van der Waals surface area contributed by atoms with Gasteiger partial charge >= 0.3 is 5.97 Å². The van der Waals surface area contributed by atoms with Crippen molar-refractivity contribution in [2.45, 2.75) is 32.2 Å². The van der Waals surface area contributed by atoms with Crippen molar-refractivity contribution in [2.24, 2.45) is 5.92 Å². The molecule has 0 unspecified atom stereocenters. The van der Waals surface area contributed by atoms with Gasteiger partial charge in [-0.2, -0.15) is 5.26 Å². The molecule has 2 rings (SSSR count). The van der Waals surface area contributed by atoms with E-state index in [2.05, 4.69) is 11.4 Å². The first-order valence-electron chi connectivity index (χ1n) is 6.40. The van der Waals surface area contributed by atoms with Gasteiger partial charge in [0, 0.05) is 0 Å². The lowest BCUT2D eigenvalue weighted by molar-refractivity contribution is -0.125. The van der Waals surface area contributed by atoms with E-state index in [1.165, 1.54) is 12.3 Å². The number of esters is 1. The second kappa shape index (κ2) is 5.37. The Morgan fingerprint density at radius 3 is 2.80 bits per heavy atom. The third-order valence-corrected chi connectivity index (χ3v) is 3.44. The fourth-order valence-electron chi connectivity index (χ4n) is 2.01. The second-order valence-corrected chi connectivity index (χ2v) is 5.10. The van der Waals surface area contributed by atoms with Crippen LogP contribution in [0.4, 0.5) is 0 Å². The number of hydrogen-bond donors (Lipinski definition) is 1. The Hall–Kier alpha value is -2.29. The van der Waals surface area contributed by atoms with Crippen LogP contribution < -0.4 is 5.32 Å². The molecule has 0 aliphatic heterocycles. The van der Waals surface area contributed by atoms with Gasteiger partial charge in [0.1, 0.15) is 16.9 Å². The molecule has 1 N–H and O–H groups in total. The smallest absolute Gasteiger partial charge is 0.342 e. The molecule has 1 fully saturated rings. The summed E-state index contributed by atoms with van der Waals surface area (Å²) < 4.78 is 9.88. The van der Waals surface area contributed by atoms with Gasteiger partial charge in [0.15, 0.2) is 6.61 Å². The summed E-state index contributed by atoms with van der Waals surface area (Å²) in [4.78, 5) is 23.4. The summed E-state index contributed by atoms with van der Waals surface area (Å²) in [6.45, 7) is 2.91. The van der Waals surface area contributed by atoms with Gasteiger partial charge in [0.25, 0.3) is 5.91 Å². The fourth-order valence-corrected chi connectivity index (χ4v) is 2.01. The number of carbonyl (C=O) groups is 2. The van der Waals surface area contributed by atoms with Crippen molar-refractivity contribution in [3.63, 3.8) is 0 Å². The zero-order chi connectivity index (χ0) is 14.8. The maximum absolute atomic E-state index is 11.7. The predicted octanol–water partition coefficient (Wildman–Crippen LogP) is 1.55. The number of ether oxygens (including phenoxy) is 1. The van der Waals surface area contributed by atoms with Crippen molar-refractivity contribution in [3.8, 4) is 6.07 Å². The molecule has 1 atom stereocenters. The molecule has 0 radical (unpaired) electrons. The summed E-state index contributed by atoms with van der Waals surface area (Å²) in [6.07, 6.45) is 3.24. The Bertz CT molecular complexity index is 568. The Kier molecular flexibility index (Phi) is 3.79. The quantitative estimate of drug-likeness (QED) is 0.824. The zero-order valence-electron chi connectivity index (χ0n) is 11.4. The largest absolute Gasteiger partial charge is 0.469 e. The molecule has 6 heteroatoms. The highest BCUT2D eigenvalue weighted by Crippen LogP contribution is 2.39. The molecule has 6 nitrogen and oxygen atoms in total. The van der Waals surface area contributed by atoms with Gasteiger partial charge in [-0.25, -0.2) is 4.79 Å². The maximum atomic E-state index is 11.7. The summed E-state index contributed by atoms with van der Waals surface area (Å²) in [5.74, 6) is -0.467. The van der Waals surface area contributed by atoms with Crippen LogP contribution in [0.25, 0.3) is 0 Å². The van der Waals surface area contributed by atoms with E-state index in [0.29, 0.717) is 11.3 Å². The first kappa shape index (κ1) is 14.1. The zero-order valence-corrected chi connectivity index (χ0v) is 11.4. The summed E-state index contributed by atoms with van der Waals surface area (Å²) in [6, 6.07) is 3.59. The van der Waals surface area contributed by atoms with Crippen molar-refractivity contribution in [3.05, 3.63) is 23.7 Å². The standard InChI is InChI=1S/C14H16N2O4/c1-9-11(5-6-19-9)13(18)20-7-12(17)16-14(2,8-15)10-3-4-10/h5-6,10H,3-4,7H2,1-2H3,(H,16,17)/t14-/m0/s1. The number of aryl methyl sites for hydroxylation is 1. The molecule has 1 saturated carbocycles. The minimum absolute atomic E-state index is 0.184. The van der Waals surface area contributed by atoms with Gasteiger partial charge in [-0.15, -0.1) is 0 Å². The molecule has 1 aromatic heterocycles. The molecule has 0 aromatic carbocycles. The van der Waals surface area contributed by atoms with E-state index < -0.39 is 24.0 Å². The van der Waals surface area contributed by atoms with Crippen LogP contribution in [-0.4, -0.2) is 24.0 Å². The topological polar surface area (TPSA) is 92.3 Å². The average molecular weight is 276 g/mol. The molecule has 0 bridgehead atoms. The van der Waals surface area contributed by atoms with Gasteiger partial charge in [-0.05, 0) is 38.7 Å². The van der Waals surface area contributed by atoms with E-state index >= 15 is 0 Å². The van der Waals surface area contributed by atoms with E-state index in [1.807, 2.05) is 0 Å². The molecular formula is C14H16N2O4. The predicted molar refractivity (Wildman–Crippen MR) is 68.6 cm³/mol. The van der Waals surface area contributed by atoms with Crippen molar-refractivity contribution in [1.82, 2.24) is 5.32 Å². The van der Waals surface area contributed by atoms with Crippen LogP contribution >= 0.6 is 0 Å². The number of carbonyl (C=O) groups excluding carboxylic acids is 2. The number of nitriles is 1. The highest BCUT2D eigenvalue weighted by Gasteiger charge is 2.43. The number of furan rings is 1. The highest BCUT2D eigenvalue weighted by atomic mass is 16.5. The third kappa shape index (κ3) is 2.99. The van der Waals surface area contributed by atoms with Gasteiger partial charge in [-0.1, -0.05) is 0 Å². The number of amides is 1. The van der Waals surface area contributed by atoms with Crippen LogP contribution in [0.2, 0.25) is 0 Å². The summed E-state index contributed by atoms with van der Waals surface area (Å²) in [5, 5.41) is 11.7. The van der Waals surface area contributed by atoms with Gasteiger partial charge < -0.3 is 14.5 Å². The Morgan fingerprint density at radius 2 is 2.30 bits per heavy atom. The molecule has 1 aliphatic carbocycles. The SMILES string of the molecule is Cc1occc1C(=O)OCC(=O)N[C@@](C)(C#N)C1CC1. The number of nitrogens with zero attached hydrogens (tertiary/aromatic N) is 1. The lowest BCUT2D eigenvalue weighted by Crippen LogP contribution is -2.48. The molecular weight excluding hydrogens is 260 g/mol. The van der Waals surface area contributed by atoms with E-state index in [9.17, 15) is 9.59 Å². The Balaban J connectivity index is 1.85. The molecule has 0 saturated heterocycles. The molecule has 1 heterocycles. The van der Waals surface area contributed by atoms with Crippen LogP contribution in [0.15, 0.2) is 16.7 Å². The number of hydrogen-bond acceptors (Lipinski definition) is 5. The minimum atomic E-state index is -0.880. The Morgan fingerprint density at radius 1 is 1.60 bits per heavy atom. The van der Waals surface area contributed by atoms with Crippen molar-refractivity contribution in [1.29, 1.82) is 5.26 Å². The molecule has 1 aromatic rings. The van der Waals surface area contributed by atoms with Crippen LogP contribution in [-0.2, 0) is 9.53 Å². The molecule has 1 amide bonds. The summed E-state index contributed by atoms with van der Waals surface area (Å²) in [5.41, 5.74) is -0.585. The van der Waals surface area contributed by atoms with E-state index in [-0.39, 0.29) is 5.92 Å². The number of nitrogens with one attached hydrogen (secondary N) is 1. The van der Waals surface area contributed by atoms with Gasteiger partial charge in [-0.3, -0.25) is 4.79 Å². The normalized spacial score (nSPS) is 16.9. The molecule has 20 heavy (non-hydrogen) atoms. The Labute approximate surface area is 116 Å².